The summed E-state index contributed by atoms with van der Waals surface area (Å²) in [5, 5.41) is 9.72. The molecule has 0 saturated carbocycles. The fraction of sp³-hybridized carbons (Fsp3) is 0.600. The van der Waals surface area contributed by atoms with Crippen molar-refractivity contribution in [3.8, 4) is 0 Å². The van der Waals surface area contributed by atoms with Crippen LogP contribution in [0.2, 0.25) is 0 Å². The lowest BCUT2D eigenvalue weighted by Gasteiger charge is -2.39. The third-order valence-electron chi connectivity index (χ3n) is 5.05. The Balaban J connectivity index is 2.41. The normalized spacial score (nSPS) is 20.8. The lowest BCUT2D eigenvalue weighted by Crippen LogP contribution is -2.57. The quantitative estimate of drug-likeness (QED) is 0.825. The monoisotopic (exact) mass is 398 g/mol. The minimum Gasteiger partial charge on any atom is -0.465 e. The van der Waals surface area contributed by atoms with Gasteiger partial charge in [0.25, 0.3) is 0 Å². The number of carbonyl (C=O) groups excluding carboxylic acids is 1. The van der Waals surface area contributed by atoms with E-state index < -0.39 is 35.2 Å². The average Bonchev–Trinajstić information content (AvgIpc) is 2.74. The van der Waals surface area contributed by atoms with E-state index in [1.54, 1.807) is 20.8 Å². The van der Waals surface area contributed by atoms with E-state index in [-0.39, 0.29) is 37.6 Å². The predicted molar refractivity (Wildman–Crippen MR) is 100 cm³/mol. The Labute approximate surface area is 164 Å². The fourth-order valence-corrected chi connectivity index (χ4v) is 3.76. The number of halogens is 2. The molecule has 0 aromatic heterocycles. The van der Waals surface area contributed by atoms with Gasteiger partial charge in [-0.25, -0.2) is 13.6 Å². The molecule has 1 aliphatic heterocycles. The van der Waals surface area contributed by atoms with Crippen LogP contribution in [0.15, 0.2) is 18.2 Å². The average molecular weight is 398 g/mol. The summed E-state index contributed by atoms with van der Waals surface area (Å²) in [6.45, 7) is 5.86. The van der Waals surface area contributed by atoms with Crippen molar-refractivity contribution in [2.24, 2.45) is 0 Å². The van der Waals surface area contributed by atoms with E-state index in [9.17, 15) is 23.5 Å². The van der Waals surface area contributed by atoms with Crippen LogP contribution in [0.1, 0.15) is 45.1 Å². The van der Waals surface area contributed by atoms with Crippen molar-refractivity contribution in [2.45, 2.75) is 51.1 Å². The molecular weight excluding hydrogens is 370 g/mol. The molecule has 0 radical (unpaired) electrons. The number of ether oxygens (including phenoxy) is 1. The molecule has 1 N–H and O–H groups in total. The van der Waals surface area contributed by atoms with Crippen LogP contribution in [0.25, 0.3) is 0 Å². The fourth-order valence-electron chi connectivity index (χ4n) is 3.76. The molecular formula is C20H28F2N2O4. The molecule has 0 bridgehead atoms. The maximum absolute atomic E-state index is 14.4. The summed E-state index contributed by atoms with van der Waals surface area (Å²) in [6.07, 6.45) is -0.597. The van der Waals surface area contributed by atoms with Crippen LogP contribution in [0, 0.1) is 11.6 Å². The van der Waals surface area contributed by atoms with Gasteiger partial charge in [0.2, 0.25) is 5.91 Å². The maximum atomic E-state index is 14.4. The van der Waals surface area contributed by atoms with Crippen LogP contribution in [0.5, 0.6) is 0 Å². The summed E-state index contributed by atoms with van der Waals surface area (Å²) in [4.78, 5) is 27.7. The standard InChI is InChI=1S/C20H28F2N2O4/c1-20(2,3)24(19(26)27)16-9-8-13(12-23(18(16)25)10-11-28-4)14-6-5-7-15(21)17(14)22/h5-7,13,16H,8-12H2,1-4H3,(H,26,27)/t13-,16-/m1/s1. The summed E-state index contributed by atoms with van der Waals surface area (Å²) in [6, 6.07) is 3.12. The van der Waals surface area contributed by atoms with Crippen molar-refractivity contribution >= 4 is 12.0 Å². The van der Waals surface area contributed by atoms with E-state index in [4.69, 9.17) is 4.74 Å². The van der Waals surface area contributed by atoms with Crippen molar-refractivity contribution in [1.29, 1.82) is 0 Å². The molecule has 1 aromatic carbocycles. The minimum atomic E-state index is -1.19. The van der Waals surface area contributed by atoms with Gasteiger partial charge in [-0.3, -0.25) is 9.69 Å². The van der Waals surface area contributed by atoms with Gasteiger partial charge < -0.3 is 14.7 Å². The predicted octanol–water partition coefficient (Wildman–Crippen LogP) is 3.46. The van der Waals surface area contributed by atoms with Gasteiger partial charge in [0.15, 0.2) is 11.6 Å². The van der Waals surface area contributed by atoms with Crippen LogP contribution < -0.4 is 0 Å². The highest BCUT2D eigenvalue weighted by molar-refractivity contribution is 5.86. The van der Waals surface area contributed by atoms with E-state index in [0.29, 0.717) is 6.42 Å². The van der Waals surface area contributed by atoms with Crippen LogP contribution >= 0.6 is 0 Å². The second-order valence-electron chi connectivity index (χ2n) is 8.03. The van der Waals surface area contributed by atoms with E-state index in [0.717, 1.165) is 11.0 Å². The zero-order valence-electron chi connectivity index (χ0n) is 16.7. The first kappa shape index (κ1) is 22.1. The highest BCUT2D eigenvalue weighted by atomic mass is 19.2. The topological polar surface area (TPSA) is 70.1 Å². The molecule has 1 aromatic rings. The Hall–Kier alpha value is -2.22. The lowest BCUT2D eigenvalue weighted by molar-refractivity contribution is -0.138. The molecule has 1 heterocycles. The van der Waals surface area contributed by atoms with Gasteiger partial charge in [-0.15, -0.1) is 0 Å². The highest BCUT2D eigenvalue weighted by Gasteiger charge is 2.42. The van der Waals surface area contributed by atoms with Crippen LogP contribution in [0.4, 0.5) is 13.6 Å². The van der Waals surface area contributed by atoms with Gasteiger partial charge in [0, 0.05) is 31.7 Å². The number of amides is 2. The molecule has 156 valence electrons. The van der Waals surface area contributed by atoms with Crippen molar-refractivity contribution in [1.82, 2.24) is 9.80 Å². The Morgan fingerprint density at radius 2 is 2.00 bits per heavy atom. The molecule has 1 aliphatic rings. The first-order valence-electron chi connectivity index (χ1n) is 9.31. The summed E-state index contributed by atoms with van der Waals surface area (Å²) in [5.41, 5.74) is -0.586. The minimum absolute atomic E-state index is 0.177. The molecule has 0 unspecified atom stereocenters. The first-order valence-corrected chi connectivity index (χ1v) is 9.31. The number of nitrogens with zero attached hydrogens (tertiary/aromatic N) is 2. The number of rotatable bonds is 5. The number of carboxylic acid groups (broad SMARTS) is 1. The second-order valence-corrected chi connectivity index (χ2v) is 8.03. The number of benzene rings is 1. The Morgan fingerprint density at radius 1 is 1.32 bits per heavy atom. The molecule has 2 rings (SSSR count). The van der Waals surface area contributed by atoms with Gasteiger partial charge in [-0.05, 0) is 45.2 Å². The van der Waals surface area contributed by atoms with Crippen molar-refractivity contribution in [2.75, 3.05) is 26.8 Å². The maximum Gasteiger partial charge on any atom is 0.408 e. The number of methoxy groups -OCH3 is 1. The number of hydrogen-bond donors (Lipinski definition) is 1. The lowest BCUT2D eigenvalue weighted by atomic mass is 9.92. The molecule has 1 saturated heterocycles. The molecule has 2 amide bonds. The molecule has 28 heavy (non-hydrogen) atoms. The summed E-state index contributed by atoms with van der Waals surface area (Å²) < 4.78 is 33.1. The smallest absolute Gasteiger partial charge is 0.408 e. The summed E-state index contributed by atoms with van der Waals surface area (Å²) >= 11 is 0. The Bertz CT molecular complexity index is 721. The number of hydrogen-bond acceptors (Lipinski definition) is 3. The number of likely N-dealkylation sites (tertiary alicyclic amines) is 1. The molecule has 1 fully saturated rings. The van der Waals surface area contributed by atoms with E-state index in [2.05, 4.69) is 0 Å². The zero-order chi connectivity index (χ0) is 21.1. The third kappa shape index (κ3) is 4.79. The van der Waals surface area contributed by atoms with Crippen LogP contribution in [-0.4, -0.2) is 65.3 Å². The zero-order valence-corrected chi connectivity index (χ0v) is 16.7. The SMILES string of the molecule is COCCN1C[C@H](c2cccc(F)c2F)CC[C@@H](N(C(=O)O)C(C)(C)C)C1=O. The van der Waals surface area contributed by atoms with E-state index in [1.807, 2.05) is 0 Å². The van der Waals surface area contributed by atoms with Gasteiger partial charge in [-0.2, -0.15) is 0 Å². The van der Waals surface area contributed by atoms with Crippen molar-refractivity contribution < 1.29 is 28.2 Å². The van der Waals surface area contributed by atoms with Gasteiger partial charge in [0.05, 0.1) is 6.61 Å². The Kier molecular flexibility index (Phi) is 6.98. The van der Waals surface area contributed by atoms with Crippen molar-refractivity contribution in [3.63, 3.8) is 0 Å². The third-order valence-corrected chi connectivity index (χ3v) is 5.05. The second kappa shape index (κ2) is 8.86. The van der Waals surface area contributed by atoms with Gasteiger partial charge >= 0.3 is 6.09 Å². The largest absolute Gasteiger partial charge is 0.465 e. The van der Waals surface area contributed by atoms with E-state index >= 15 is 0 Å². The molecule has 6 nitrogen and oxygen atoms in total. The Morgan fingerprint density at radius 3 is 2.57 bits per heavy atom. The summed E-state index contributed by atoms with van der Waals surface area (Å²) in [5.74, 6) is -2.63. The molecule has 8 heteroatoms. The summed E-state index contributed by atoms with van der Waals surface area (Å²) in [7, 11) is 1.50. The molecule has 2 atom stereocenters. The van der Waals surface area contributed by atoms with Gasteiger partial charge in [0.1, 0.15) is 6.04 Å². The van der Waals surface area contributed by atoms with E-state index in [1.165, 1.54) is 24.1 Å². The van der Waals surface area contributed by atoms with Crippen LogP contribution in [-0.2, 0) is 9.53 Å². The first-order chi connectivity index (χ1) is 13.1. The highest BCUT2D eigenvalue weighted by Crippen LogP contribution is 2.33. The van der Waals surface area contributed by atoms with Crippen molar-refractivity contribution in [3.05, 3.63) is 35.4 Å². The molecule has 0 spiro atoms. The van der Waals surface area contributed by atoms with Crippen LogP contribution in [0.3, 0.4) is 0 Å². The number of carbonyl (C=O) groups is 2. The van der Waals surface area contributed by atoms with Gasteiger partial charge in [-0.1, -0.05) is 12.1 Å². The molecule has 0 aliphatic carbocycles.